The molecule has 0 bridgehead atoms. The third kappa shape index (κ3) is 2.32. The Balaban J connectivity index is 2.36. The van der Waals surface area contributed by atoms with Crippen molar-refractivity contribution in [1.82, 2.24) is 0 Å². The lowest BCUT2D eigenvalue weighted by Crippen LogP contribution is -2.30. The minimum Gasteiger partial charge on any atom is -0.449 e. The lowest BCUT2D eigenvalue weighted by Gasteiger charge is -2.11. The summed E-state index contributed by atoms with van der Waals surface area (Å²) in [4.78, 5) is 22.8. The van der Waals surface area contributed by atoms with Crippen molar-refractivity contribution in [1.29, 1.82) is 0 Å². The van der Waals surface area contributed by atoms with E-state index in [0.717, 1.165) is 10.8 Å². The van der Waals surface area contributed by atoms with Crippen molar-refractivity contribution in [3.05, 3.63) is 48.0 Å². The summed E-state index contributed by atoms with van der Waals surface area (Å²) in [5.74, 6) is -1.21. The van der Waals surface area contributed by atoms with E-state index in [0.29, 0.717) is 5.56 Å². The number of ether oxygens (including phenoxy) is 1. The number of hydrogen-bond acceptors (Lipinski definition) is 3. The maximum absolute atomic E-state index is 11.9. The van der Waals surface area contributed by atoms with Crippen LogP contribution in [0, 0.1) is 0 Å². The van der Waals surface area contributed by atoms with Gasteiger partial charge in [0.2, 0.25) is 0 Å². The van der Waals surface area contributed by atoms with Gasteiger partial charge in [0, 0.05) is 0 Å². The van der Waals surface area contributed by atoms with Crippen molar-refractivity contribution in [2.24, 2.45) is 5.73 Å². The molecule has 4 nitrogen and oxygen atoms in total. The van der Waals surface area contributed by atoms with Crippen LogP contribution >= 0.6 is 0 Å². The molecule has 0 fully saturated rings. The molecule has 0 unspecified atom stereocenters. The molecule has 2 N–H and O–H groups in total. The highest BCUT2D eigenvalue weighted by Crippen LogP contribution is 2.19. The fourth-order valence-corrected chi connectivity index (χ4v) is 1.69. The summed E-state index contributed by atoms with van der Waals surface area (Å²) in [6.45, 7) is 1.45. The third-order valence-corrected chi connectivity index (χ3v) is 2.69. The van der Waals surface area contributed by atoms with Crippen LogP contribution in [0.2, 0.25) is 0 Å². The molecular formula is C14H13NO3. The van der Waals surface area contributed by atoms with Gasteiger partial charge in [0.05, 0.1) is 5.56 Å². The van der Waals surface area contributed by atoms with Gasteiger partial charge in [-0.1, -0.05) is 36.4 Å². The Labute approximate surface area is 104 Å². The summed E-state index contributed by atoms with van der Waals surface area (Å²) in [6.07, 6.45) is -0.934. The van der Waals surface area contributed by atoms with Crippen LogP contribution in [0.1, 0.15) is 17.3 Å². The maximum Gasteiger partial charge on any atom is 0.339 e. The number of hydrogen-bond donors (Lipinski definition) is 1. The van der Waals surface area contributed by atoms with E-state index in [1.54, 1.807) is 12.1 Å². The van der Waals surface area contributed by atoms with Crippen LogP contribution in [0.15, 0.2) is 42.5 Å². The second kappa shape index (κ2) is 4.87. The molecule has 18 heavy (non-hydrogen) atoms. The molecule has 0 aliphatic carbocycles. The molecule has 0 saturated heterocycles. The lowest BCUT2D eigenvalue weighted by atomic mass is 10.0. The van der Waals surface area contributed by atoms with E-state index in [-0.39, 0.29) is 0 Å². The van der Waals surface area contributed by atoms with Crippen LogP contribution in [0.3, 0.4) is 0 Å². The first-order valence-electron chi connectivity index (χ1n) is 5.57. The summed E-state index contributed by atoms with van der Waals surface area (Å²) >= 11 is 0. The predicted octanol–water partition coefficient (Wildman–Crippen LogP) is 1.87. The number of primary amides is 1. The van der Waals surface area contributed by atoms with Gasteiger partial charge >= 0.3 is 5.97 Å². The molecule has 4 heteroatoms. The first-order valence-corrected chi connectivity index (χ1v) is 5.57. The smallest absolute Gasteiger partial charge is 0.339 e. The van der Waals surface area contributed by atoms with Gasteiger partial charge in [-0.05, 0) is 23.8 Å². The van der Waals surface area contributed by atoms with Gasteiger partial charge in [0.15, 0.2) is 6.10 Å². The molecule has 0 heterocycles. The Bertz CT molecular complexity index is 602. The molecule has 1 atom stereocenters. The second-order valence-electron chi connectivity index (χ2n) is 3.98. The fourth-order valence-electron chi connectivity index (χ4n) is 1.69. The van der Waals surface area contributed by atoms with Gasteiger partial charge in [-0.15, -0.1) is 0 Å². The average molecular weight is 243 g/mol. The number of benzene rings is 2. The van der Waals surface area contributed by atoms with Gasteiger partial charge in [0.25, 0.3) is 5.91 Å². The lowest BCUT2D eigenvalue weighted by molar-refractivity contribution is -0.125. The average Bonchev–Trinajstić information content (AvgIpc) is 2.37. The Kier molecular flexibility index (Phi) is 3.28. The largest absolute Gasteiger partial charge is 0.449 e. The molecule has 2 aromatic carbocycles. The Morgan fingerprint density at radius 1 is 1.11 bits per heavy atom. The monoisotopic (exact) mass is 243 g/mol. The van der Waals surface area contributed by atoms with Crippen LogP contribution in [0.25, 0.3) is 10.8 Å². The number of rotatable bonds is 3. The van der Waals surface area contributed by atoms with Gasteiger partial charge in [-0.2, -0.15) is 0 Å². The highest BCUT2D eigenvalue weighted by molar-refractivity contribution is 6.05. The zero-order valence-corrected chi connectivity index (χ0v) is 9.92. The molecule has 2 aromatic rings. The molecule has 0 aliphatic rings. The zero-order valence-electron chi connectivity index (χ0n) is 9.92. The highest BCUT2D eigenvalue weighted by Gasteiger charge is 2.17. The van der Waals surface area contributed by atoms with E-state index in [2.05, 4.69) is 0 Å². The first-order chi connectivity index (χ1) is 8.59. The number of amides is 1. The van der Waals surface area contributed by atoms with Crippen molar-refractivity contribution in [3.63, 3.8) is 0 Å². The minimum absolute atomic E-state index is 0.432. The third-order valence-electron chi connectivity index (χ3n) is 2.69. The van der Waals surface area contributed by atoms with Gasteiger partial charge in [-0.25, -0.2) is 4.79 Å². The van der Waals surface area contributed by atoms with Crippen LogP contribution in [0.4, 0.5) is 0 Å². The molecule has 0 radical (unpaired) electrons. The van der Waals surface area contributed by atoms with Crippen molar-refractivity contribution in [2.75, 3.05) is 0 Å². The second-order valence-corrected chi connectivity index (χ2v) is 3.98. The van der Waals surface area contributed by atoms with E-state index >= 15 is 0 Å². The minimum atomic E-state index is -0.934. The van der Waals surface area contributed by atoms with Crippen LogP contribution in [0.5, 0.6) is 0 Å². The van der Waals surface area contributed by atoms with Crippen molar-refractivity contribution in [2.45, 2.75) is 13.0 Å². The number of esters is 1. The Morgan fingerprint density at radius 2 is 1.78 bits per heavy atom. The van der Waals surface area contributed by atoms with Gasteiger partial charge in [0.1, 0.15) is 0 Å². The molecule has 1 amide bonds. The summed E-state index contributed by atoms with van der Waals surface area (Å²) in [7, 11) is 0. The number of nitrogens with two attached hydrogens (primary N) is 1. The normalized spacial score (nSPS) is 12.1. The van der Waals surface area contributed by atoms with E-state index in [4.69, 9.17) is 10.5 Å². The highest BCUT2D eigenvalue weighted by atomic mass is 16.5. The predicted molar refractivity (Wildman–Crippen MR) is 68.0 cm³/mol. The van der Waals surface area contributed by atoms with Crippen molar-refractivity contribution >= 4 is 22.6 Å². The van der Waals surface area contributed by atoms with Crippen molar-refractivity contribution < 1.29 is 14.3 Å². The topological polar surface area (TPSA) is 69.4 Å². The van der Waals surface area contributed by atoms with Crippen LogP contribution in [-0.2, 0) is 9.53 Å². The quantitative estimate of drug-likeness (QED) is 0.836. The number of fused-ring (bicyclic) bond motifs is 1. The fraction of sp³-hybridized carbons (Fsp3) is 0.143. The van der Waals surface area contributed by atoms with Gasteiger partial charge < -0.3 is 10.5 Å². The number of carbonyl (C=O) groups excluding carboxylic acids is 2. The van der Waals surface area contributed by atoms with E-state index in [1.165, 1.54) is 6.92 Å². The molecule has 0 saturated carbocycles. The molecule has 92 valence electrons. The summed E-state index contributed by atoms with van der Waals surface area (Å²) in [6, 6.07) is 12.8. The first kappa shape index (κ1) is 12.1. The van der Waals surface area contributed by atoms with Crippen molar-refractivity contribution in [3.8, 4) is 0 Å². The summed E-state index contributed by atoms with van der Waals surface area (Å²) in [5.41, 5.74) is 5.49. The van der Waals surface area contributed by atoms with E-state index < -0.39 is 18.0 Å². The maximum atomic E-state index is 11.9. The Hall–Kier alpha value is -2.36. The summed E-state index contributed by atoms with van der Waals surface area (Å²) in [5, 5.41) is 1.74. The van der Waals surface area contributed by atoms with Crippen LogP contribution < -0.4 is 5.73 Å². The molecule has 0 spiro atoms. The van der Waals surface area contributed by atoms with Crippen LogP contribution in [-0.4, -0.2) is 18.0 Å². The van der Waals surface area contributed by atoms with E-state index in [1.807, 2.05) is 30.3 Å². The molecular weight excluding hydrogens is 230 g/mol. The molecule has 0 aliphatic heterocycles. The number of carbonyl (C=O) groups is 2. The SMILES string of the molecule is C[C@@H](OC(=O)c1cccc2ccccc12)C(N)=O. The molecule has 0 aromatic heterocycles. The summed E-state index contributed by atoms with van der Waals surface area (Å²) < 4.78 is 4.99. The standard InChI is InChI=1S/C14H13NO3/c1-9(13(15)16)18-14(17)12-8-4-6-10-5-2-3-7-11(10)12/h2-9H,1H3,(H2,15,16)/t9-/m1/s1. The van der Waals surface area contributed by atoms with E-state index in [9.17, 15) is 9.59 Å². The molecule has 2 rings (SSSR count). The zero-order chi connectivity index (χ0) is 13.1. The Morgan fingerprint density at radius 3 is 2.50 bits per heavy atom. The van der Waals surface area contributed by atoms with Gasteiger partial charge in [-0.3, -0.25) is 4.79 Å².